The zero-order chi connectivity index (χ0) is 14.4. The number of esters is 1. The van der Waals surface area contributed by atoms with E-state index >= 15 is 0 Å². The molecule has 0 radical (unpaired) electrons. The summed E-state index contributed by atoms with van der Waals surface area (Å²) in [6.07, 6.45) is 5.27. The Morgan fingerprint density at radius 3 is 2.50 bits per heavy atom. The maximum absolute atomic E-state index is 11.4. The minimum absolute atomic E-state index is 0.267. The summed E-state index contributed by atoms with van der Waals surface area (Å²) >= 11 is 0. The van der Waals surface area contributed by atoms with Crippen LogP contribution in [0, 0.1) is 5.92 Å². The monoisotopic (exact) mass is 275 g/mol. The first kappa shape index (κ1) is 15.0. The lowest BCUT2D eigenvalue weighted by atomic mass is 9.85. The van der Waals surface area contributed by atoms with E-state index in [4.69, 9.17) is 4.74 Å². The van der Waals surface area contributed by atoms with Crippen molar-refractivity contribution >= 4 is 5.97 Å². The lowest BCUT2D eigenvalue weighted by Gasteiger charge is -2.31. The molecule has 1 fully saturated rings. The highest BCUT2D eigenvalue weighted by Gasteiger charge is 2.19. The molecule has 3 heteroatoms. The van der Waals surface area contributed by atoms with E-state index in [9.17, 15) is 4.79 Å². The summed E-state index contributed by atoms with van der Waals surface area (Å²) in [6, 6.07) is 7.76. The van der Waals surface area contributed by atoms with Gasteiger partial charge in [0.05, 0.1) is 12.7 Å². The molecule has 0 aromatic heterocycles. The van der Waals surface area contributed by atoms with Gasteiger partial charge in [-0.3, -0.25) is 0 Å². The van der Waals surface area contributed by atoms with Crippen LogP contribution in [0.15, 0.2) is 24.3 Å². The summed E-state index contributed by atoms with van der Waals surface area (Å²) < 4.78 is 4.71. The maximum Gasteiger partial charge on any atom is 0.337 e. The van der Waals surface area contributed by atoms with Gasteiger partial charge in [0, 0.05) is 13.1 Å². The third kappa shape index (κ3) is 4.07. The number of methoxy groups -OCH3 is 1. The first-order valence-corrected chi connectivity index (χ1v) is 7.62. The second-order valence-corrected chi connectivity index (χ2v) is 5.63. The van der Waals surface area contributed by atoms with E-state index in [0.29, 0.717) is 5.56 Å². The van der Waals surface area contributed by atoms with Crippen molar-refractivity contribution in [2.75, 3.05) is 26.7 Å². The van der Waals surface area contributed by atoms with Crippen molar-refractivity contribution in [1.82, 2.24) is 4.90 Å². The average molecular weight is 275 g/mol. The van der Waals surface area contributed by atoms with Crippen molar-refractivity contribution in [2.45, 2.75) is 32.6 Å². The third-order valence-electron chi connectivity index (χ3n) is 4.28. The number of carbonyl (C=O) groups excluding carboxylic acids is 1. The van der Waals surface area contributed by atoms with Crippen LogP contribution in [-0.2, 0) is 11.2 Å². The van der Waals surface area contributed by atoms with Crippen LogP contribution in [0.3, 0.4) is 0 Å². The normalized spacial score (nSPS) is 15.2. The molecule has 0 aliphatic heterocycles. The van der Waals surface area contributed by atoms with E-state index in [0.717, 1.165) is 25.4 Å². The van der Waals surface area contributed by atoms with Crippen molar-refractivity contribution < 1.29 is 9.53 Å². The number of nitrogens with zero attached hydrogens (tertiary/aromatic N) is 1. The number of likely N-dealkylation sites (N-methyl/N-ethyl adjacent to an activating group) is 1. The zero-order valence-electron chi connectivity index (χ0n) is 12.6. The molecule has 0 atom stereocenters. The van der Waals surface area contributed by atoms with Crippen molar-refractivity contribution in [3.05, 3.63) is 35.4 Å². The molecule has 20 heavy (non-hydrogen) atoms. The topological polar surface area (TPSA) is 29.5 Å². The van der Waals surface area contributed by atoms with Gasteiger partial charge in [-0.1, -0.05) is 25.5 Å². The summed E-state index contributed by atoms with van der Waals surface area (Å²) in [5, 5.41) is 0. The SMILES string of the molecule is CCN(CCc1ccc(C(=O)OC)cc1)CC1CCC1. The molecule has 3 nitrogen and oxygen atoms in total. The summed E-state index contributed by atoms with van der Waals surface area (Å²) in [5.74, 6) is 0.661. The van der Waals surface area contributed by atoms with Crippen LogP contribution in [0.25, 0.3) is 0 Å². The van der Waals surface area contributed by atoms with Crippen LogP contribution >= 0.6 is 0 Å². The van der Waals surface area contributed by atoms with Gasteiger partial charge in [0.1, 0.15) is 0 Å². The highest BCUT2D eigenvalue weighted by atomic mass is 16.5. The number of hydrogen-bond donors (Lipinski definition) is 0. The minimum atomic E-state index is -0.267. The Morgan fingerprint density at radius 2 is 2.00 bits per heavy atom. The van der Waals surface area contributed by atoms with Gasteiger partial charge in [-0.25, -0.2) is 4.79 Å². The molecular weight excluding hydrogens is 250 g/mol. The summed E-state index contributed by atoms with van der Waals surface area (Å²) in [4.78, 5) is 13.9. The fourth-order valence-corrected chi connectivity index (χ4v) is 2.63. The number of rotatable bonds is 7. The van der Waals surface area contributed by atoms with Gasteiger partial charge in [-0.2, -0.15) is 0 Å². The standard InChI is InChI=1S/C17H25NO2/c1-3-18(13-15-5-4-6-15)12-11-14-7-9-16(10-8-14)17(19)20-2/h7-10,15H,3-6,11-13H2,1-2H3. The van der Waals surface area contributed by atoms with Crippen LogP contribution in [0.2, 0.25) is 0 Å². The first-order chi connectivity index (χ1) is 9.72. The molecule has 110 valence electrons. The zero-order valence-corrected chi connectivity index (χ0v) is 12.6. The lowest BCUT2D eigenvalue weighted by molar-refractivity contribution is 0.0600. The molecule has 1 saturated carbocycles. The molecule has 0 amide bonds. The molecule has 1 aromatic rings. The van der Waals surface area contributed by atoms with Gasteiger partial charge in [0.2, 0.25) is 0 Å². The molecule has 0 spiro atoms. The van der Waals surface area contributed by atoms with Gasteiger partial charge in [-0.15, -0.1) is 0 Å². The second kappa shape index (κ2) is 7.44. The predicted molar refractivity (Wildman–Crippen MR) is 80.9 cm³/mol. The maximum atomic E-state index is 11.4. The van der Waals surface area contributed by atoms with Gasteiger partial charge in [0.15, 0.2) is 0 Å². The number of benzene rings is 1. The van der Waals surface area contributed by atoms with Crippen LogP contribution in [0.1, 0.15) is 42.1 Å². The van der Waals surface area contributed by atoms with Gasteiger partial charge >= 0.3 is 5.97 Å². The number of carbonyl (C=O) groups is 1. The van der Waals surface area contributed by atoms with E-state index < -0.39 is 0 Å². The molecule has 0 bridgehead atoms. The molecule has 0 unspecified atom stereocenters. The minimum Gasteiger partial charge on any atom is -0.465 e. The Labute approximate surface area is 121 Å². The van der Waals surface area contributed by atoms with Crippen molar-refractivity contribution in [3.63, 3.8) is 0 Å². The van der Waals surface area contributed by atoms with Crippen molar-refractivity contribution in [2.24, 2.45) is 5.92 Å². The Kier molecular flexibility index (Phi) is 5.60. The average Bonchev–Trinajstić information content (AvgIpc) is 2.45. The molecule has 1 aliphatic rings. The summed E-state index contributed by atoms with van der Waals surface area (Å²) in [5.41, 5.74) is 1.91. The van der Waals surface area contributed by atoms with Crippen LogP contribution in [-0.4, -0.2) is 37.6 Å². The van der Waals surface area contributed by atoms with E-state index in [1.54, 1.807) is 0 Å². The molecular formula is C17H25NO2. The van der Waals surface area contributed by atoms with E-state index in [1.807, 2.05) is 24.3 Å². The van der Waals surface area contributed by atoms with E-state index in [2.05, 4.69) is 11.8 Å². The van der Waals surface area contributed by atoms with Crippen LogP contribution in [0.4, 0.5) is 0 Å². The molecule has 0 heterocycles. The smallest absolute Gasteiger partial charge is 0.337 e. The first-order valence-electron chi connectivity index (χ1n) is 7.62. The van der Waals surface area contributed by atoms with Gasteiger partial charge in [0.25, 0.3) is 0 Å². The summed E-state index contributed by atoms with van der Waals surface area (Å²) in [7, 11) is 1.41. The van der Waals surface area contributed by atoms with Crippen LogP contribution in [0.5, 0.6) is 0 Å². The van der Waals surface area contributed by atoms with Crippen molar-refractivity contribution in [3.8, 4) is 0 Å². The highest BCUT2D eigenvalue weighted by Crippen LogP contribution is 2.27. The quantitative estimate of drug-likeness (QED) is 0.716. The van der Waals surface area contributed by atoms with Crippen LogP contribution < -0.4 is 0 Å². The molecule has 1 aliphatic carbocycles. The second-order valence-electron chi connectivity index (χ2n) is 5.63. The number of hydrogen-bond acceptors (Lipinski definition) is 3. The Balaban J connectivity index is 1.81. The molecule has 1 aromatic carbocycles. The number of ether oxygens (including phenoxy) is 1. The predicted octanol–water partition coefficient (Wildman–Crippen LogP) is 3.14. The molecule has 0 saturated heterocycles. The van der Waals surface area contributed by atoms with Crippen molar-refractivity contribution in [1.29, 1.82) is 0 Å². The fraction of sp³-hybridized carbons (Fsp3) is 0.588. The molecule has 2 rings (SSSR count). The Morgan fingerprint density at radius 1 is 1.30 bits per heavy atom. The third-order valence-corrected chi connectivity index (χ3v) is 4.28. The van der Waals surface area contributed by atoms with Gasteiger partial charge in [-0.05, 0) is 49.4 Å². The van der Waals surface area contributed by atoms with Gasteiger partial charge < -0.3 is 9.64 Å². The summed E-state index contributed by atoms with van der Waals surface area (Å²) in [6.45, 7) is 5.71. The Bertz CT molecular complexity index is 423. The highest BCUT2D eigenvalue weighted by molar-refractivity contribution is 5.89. The van der Waals surface area contributed by atoms with E-state index in [1.165, 1.54) is 38.5 Å². The van der Waals surface area contributed by atoms with E-state index in [-0.39, 0.29) is 5.97 Å². The largest absolute Gasteiger partial charge is 0.465 e. The lowest BCUT2D eigenvalue weighted by Crippen LogP contribution is -2.33. The molecule has 0 N–H and O–H groups in total. The Hall–Kier alpha value is -1.35. The fourth-order valence-electron chi connectivity index (χ4n) is 2.63.